The van der Waals surface area contributed by atoms with Crippen molar-refractivity contribution < 1.29 is 9.59 Å². The Morgan fingerprint density at radius 1 is 0.337 bits per heavy atom. The van der Waals surface area contributed by atoms with Crippen LogP contribution in [-0.2, 0) is 52.5 Å². The molecule has 0 aromatic carbocycles. The van der Waals surface area contributed by atoms with E-state index in [2.05, 4.69) is 229 Å². The fourth-order valence-corrected chi connectivity index (χ4v) is 10.00. The van der Waals surface area contributed by atoms with Gasteiger partial charge in [-0.1, -0.05) is 224 Å². The lowest BCUT2D eigenvalue weighted by Crippen LogP contribution is -2.22. The fraction of sp³-hybridized carbons (Fsp3) is 0.489. The number of ketones is 2. The molecule has 3 aliphatic rings. The number of aromatic nitrogens is 12. The molecule has 9 aromatic heterocycles. The summed E-state index contributed by atoms with van der Waals surface area (Å²) in [7, 11) is 0. The van der Waals surface area contributed by atoms with Gasteiger partial charge < -0.3 is 0 Å². The van der Waals surface area contributed by atoms with E-state index >= 15 is 0 Å². The van der Waals surface area contributed by atoms with Gasteiger partial charge in [-0.3, -0.25) is 49.5 Å². The fourth-order valence-electron chi connectivity index (χ4n) is 10.00. The largest absolute Gasteiger partial charge is 0.299 e. The van der Waals surface area contributed by atoms with E-state index in [9.17, 15) is 9.59 Å². The van der Waals surface area contributed by atoms with Crippen LogP contribution in [0.3, 0.4) is 0 Å². The number of carbonyl (C=O) groups is 2. The minimum atomic E-state index is 0. The van der Waals surface area contributed by atoms with Crippen LogP contribution in [0.2, 0.25) is 0 Å². The molecule has 0 radical (unpaired) electrons. The summed E-state index contributed by atoms with van der Waals surface area (Å²) in [5.41, 5.74) is 18.9. The minimum Gasteiger partial charge on any atom is -0.299 e. The molecule has 0 amide bonds. The third-order valence-corrected chi connectivity index (χ3v) is 15.8. The zero-order valence-electron chi connectivity index (χ0n) is 60.7. The normalized spacial score (nSPS) is 11.3. The van der Waals surface area contributed by atoms with Gasteiger partial charge in [0.25, 0.3) is 0 Å². The van der Waals surface area contributed by atoms with Crippen LogP contribution in [-0.4, -0.2) is 71.6 Å². The highest BCUT2D eigenvalue weighted by atomic mass is 16.1. The molecule has 0 bridgehead atoms. The second kappa shape index (κ2) is 54.8. The van der Waals surface area contributed by atoms with Gasteiger partial charge in [-0.05, 0) is 174 Å². The van der Waals surface area contributed by atoms with Crippen LogP contribution in [0.1, 0.15) is 337 Å². The Balaban J connectivity index is -0.000000259. The molecule has 0 fully saturated rings. The van der Waals surface area contributed by atoms with Gasteiger partial charge in [0.1, 0.15) is 17.9 Å². The van der Waals surface area contributed by atoms with E-state index in [-0.39, 0.29) is 77.7 Å². The summed E-state index contributed by atoms with van der Waals surface area (Å²) in [5.74, 6) is 4.62. The maximum Gasteiger partial charge on any atom is 0.143 e. The zero-order valence-corrected chi connectivity index (χ0v) is 60.7. The Bertz CT molecular complexity index is 3310. The highest BCUT2D eigenvalue weighted by molar-refractivity contribution is 5.88. The van der Waals surface area contributed by atoms with Crippen LogP contribution in [0.15, 0.2) is 172 Å². The van der Waals surface area contributed by atoms with Crippen LogP contribution in [0.4, 0.5) is 0 Å². The predicted molar refractivity (Wildman–Crippen MR) is 450 cm³/mol. The summed E-state index contributed by atoms with van der Waals surface area (Å²) >= 11 is 0. The first-order valence-corrected chi connectivity index (χ1v) is 33.7. The van der Waals surface area contributed by atoms with Crippen LogP contribution < -0.4 is 0 Å². The highest BCUT2D eigenvalue weighted by Crippen LogP contribution is 2.32. The molecule has 104 heavy (non-hydrogen) atoms. The van der Waals surface area contributed by atoms with E-state index < -0.39 is 0 Å². The van der Waals surface area contributed by atoms with Crippen molar-refractivity contribution in [2.24, 2.45) is 0 Å². The Morgan fingerprint density at radius 3 is 1.16 bits per heavy atom. The lowest BCUT2D eigenvalue weighted by atomic mass is 9.80. The van der Waals surface area contributed by atoms with Crippen molar-refractivity contribution in [2.75, 3.05) is 0 Å². The minimum absolute atomic E-state index is 0. The molecule has 12 rings (SSSR count). The van der Waals surface area contributed by atoms with Crippen molar-refractivity contribution in [3.63, 3.8) is 0 Å². The van der Waals surface area contributed by atoms with Gasteiger partial charge in [0.15, 0.2) is 0 Å². The second-order valence-electron chi connectivity index (χ2n) is 28.0. The van der Waals surface area contributed by atoms with E-state index in [1.807, 2.05) is 104 Å². The summed E-state index contributed by atoms with van der Waals surface area (Å²) in [4.78, 5) is 63.3. The van der Waals surface area contributed by atoms with E-state index in [1.54, 1.807) is 43.5 Å². The average molecular weight is 1430 g/mol. The van der Waals surface area contributed by atoms with Crippen LogP contribution in [0.5, 0.6) is 0 Å². The molecule has 3 aliphatic carbocycles. The molecule has 0 spiro atoms. The molecule has 0 N–H and O–H groups in total. The van der Waals surface area contributed by atoms with Crippen molar-refractivity contribution in [1.29, 1.82) is 0 Å². The zero-order chi connectivity index (χ0) is 70.1. The van der Waals surface area contributed by atoms with Gasteiger partial charge in [0, 0.05) is 125 Å². The van der Waals surface area contributed by atoms with Gasteiger partial charge in [-0.2, -0.15) is 10.2 Å². The van der Waals surface area contributed by atoms with Crippen molar-refractivity contribution in [2.45, 2.75) is 296 Å². The van der Waals surface area contributed by atoms with Gasteiger partial charge in [-0.25, -0.2) is 9.97 Å². The first kappa shape index (κ1) is 106. The summed E-state index contributed by atoms with van der Waals surface area (Å²) in [6, 6.07) is 20.5. The molecule has 0 unspecified atom stereocenters. The summed E-state index contributed by atoms with van der Waals surface area (Å²) in [6.45, 7) is 43.3. The van der Waals surface area contributed by atoms with Gasteiger partial charge in [0.05, 0.1) is 29.0 Å². The molecule has 0 saturated carbocycles. The third kappa shape index (κ3) is 38.1. The summed E-state index contributed by atoms with van der Waals surface area (Å²) < 4.78 is 0. The Kier molecular flexibility index (Phi) is 56.0. The average Bonchev–Trinajstić information content (AvgIpc) is 1.32. The maximum atomic E-state index is 11.3. The highest BCUT2D eigenvalue weighted by Gasteiger charge is 2.28. The standard InChI is InChI=1S/C13H17NO.C12H15NO.C11H13N.3C8H11N.3C7H10N2.9CH4/c1-13(2,3)11-6-7-14-12-8-9(15)4-5-10(11)12;1-12(2,3)10-4-5-13-11-7-8(14)6-9(10)11;1-8(2)9-6-7-12-11-5-3-4-10(9)11;2*1-7(2)8-3-5-9-6-4-8;1-7(2)8-4-3-5-9-6-8;1-6(2)7-3-8-5-9-4-7;1-6(2)7-5-8-3-4-9-7;1-6(2)7-3-4-8-9-5-7;;;;;;;;;/h6-7H,4-5,8H2,1-3H3;4-5H,6-7H2,1-3H3;3-4,6-8H,5H2,1-2H3;3*3-7H,1-2H3;3*3-6H,1-2H3;9*1H4. The van der Waals surface area contributed by atoms with Crippen molar-refractivity contribution >= 4 is 17.6 Å². The van der Waals surface area contributed by atoms with Gasteiger partial charge >= 0.3 is 0 Å². The first-order valence-electron chi connectivity index (χ1n) is 33.7. The van der Waals surface area contributed by atoms with Crippen molar-refractivity contribution in [3.05, 3.63) is 256 Å². The third-order valence-electron chi connectivity index (χ3n) is 15.8. The monoisotopic (exact) mass is 1430 g/mol. The molecule has 0 aliphatic heterocycles. The van der Waals surface area contributed by atoms with E-state index in [1.165, 1.54) is 66.9 Å². The van der Waals surface area contributed by atoms with Crippen LogP contribution in [0.25, 0.3) is 6.08 Å². The molecule has 0 saturated heterocycles. The van der Waals surface area contributed by atoms with Crippen LogP contribution in [0, 0.1) is 0 Å². The number of pyridine rings is 6. The lowest BCUT2D eigenvalue weighted by Gasteiger charge is -2.26. The number of allylic oxidation sites excluding steroid dienone is 1. The van der Waals surface area contributed by atoms with Crippen molar-refractivity contribution in [1.82, 2.24) is 60.0 Å². The van der Waals surface area contributed by atoms with E-state index in [0.29, 0.717) is 78.7 Å². The topological polar surface area (TPSA) is 189 Å². The number of hydrogen-bond acceptors (Lipinski definition) is 14. The molecular weight excluding hydrogens is 1280 g/mol. The van der Waals surface area contributed by atoms with Gasteiger partial charge in [-0.15, -0.1) is 0 Å². The SMILES string of the molecule is C.C.C.C.C.C.C.C.C.CC(C)(C)c1ccnc2c1CC(=O)C2.CC(C)(C)c1ccnc2c1CCC(=O)C2.CC(C)c1cccnc1.CC(C)c1ccnc2c1C=CC2.CC(C)c1ccncc1.CC(C)c1ccncc1.CC(C)c1ccnnc1.CC(C)c1cnccn1.CC(C)c1cncnc1. The molecule has 9 heterocycles. The van der Waals surface area contributed by atoms with E-state index in [4.69, 9.17) is 0 Å². The number of hydrogen-bond donors (Lipinski definition) is 0. The Morgan fingerprint density at radius 2 is 0.779 bits per heavy atom. The van der Waals surface area contributed by atoms with Crippen LogP contribution >= 0.6 is 0 Å². The molecule has 14 nitrogen and oxygen atoms in total. The molecule has 14 heteroatoms. The van der Waals surface area contributed by atoms with E-state index in [0.717, 1.165) is 29.9 Å². The lowest BCUT2D eigenvalue weighted by molar-refractivity contribution is -0.119. The second-order valence-corrected chi connectivity index (χ2v) is 28.0. The number of rotatable bonds is 7. The molecular formula is C90H144N12O2. The van der Waals surface area contributed by atoms with Gasteiger partial charge in [0.2, 0.25) is 0 Å². The van der Waals surface area contributed by atoms with Crippen molar-refractivity contribution in [3.8, 4) is 0 Å². The quantitative estimate of drug-likeness (QED) is 0.146. The number of fused-ring (bicyclic) bond motifs is 3. The first-order chi connectivity index (χ1) is 45.1. The number of carbonyl (C=O) groups excluding carboxylic acids is 2. The Labute approximate surface area is 636 Å². The molecule has 576 valence electrons. The predicted octanol–water partition coefficient (Wildman–Crippen LogP) is 24.4. The summed E-state index contributed by atoms with van der Waals surface area (Å²) in [6.07, 6.45) is 39.1. The maximum absolute atomic E-state index is 11.3. The number of nitrogens with zero attached hydrogens (tertiary/aromatic N) is 12. The molecule has 9 aromatic rings. The molecule has 0 atom stereocenters. The number of Topliss-reactive ketones (excluding diaryl/α,β-unsaturated/α-hetero) is 2. The summed E-state index contributed by atoms with van der Waals surface area (Å²) in [5, 5.41) is 7.43. The smallest absolute Gasteiger partial charge is 0.143 e. The Hall–Kier alpha value is -8.78.